The number of carbonyl (C=O) groups excluding carboxylic acids is 1. The minimum Gasteiger partial charge on any atom is -0.329 e. The van der Waals surface area contributed by atoms with Gasteiger partial charge in [0.1, 0.15) is 6.04 Å². The summed E-state index contributed by atoms with van der Waals surface area (Å²) in [5.41, 5.74) is -0.597. The third kappa shape index (κ3) is 2.09. The van der Waals surface area contributed by atoms with E-state index in [0.29, 0.717) is 5.11 Å². The van der Waals surface area contributed by atoms with Crippen molar-refractivity contribution in [3.63, 3.8) is 0 Å². The van der Waals surface area contributed by atoms with Gasteiger partial charge < -0.3 is 4.90 Å². The molecule has 3 aliphatic heterocycles. The first-order chi connectivity index (χ1) is 10.9. The number of thiocarbonyl (C=S) groups is 1. The fraction of sp³-hybridized carbons (Fsp3) is 0.375. The van der Waals surface area contributed by atoms with Gasteiger partial charge in [0, 0.05) is 5.92 Å². The number of carbonyl (C=O) groups is 1. The van der Waals surface area contributed by atoms with Crippen LogP contribution < -0.4 is 4.90 Å². The topological polar surface area (TPSA) is 23.6 Å². The lowest BCUT2D eigenvalue weighted by atomic mass is 9.80. The maximum Gasteiger partial charge on any atom is 0.416 e. The number of benzene rings is 1. The zero-order chi connectivity index (χ0) is 16.4. The largest absolute Gasteiger partial charge is 0.416 e. The van der Waals surface area contributed by atoms with Crippen molar-refractivity contribution in [2.24, 2.45) is 5.92 Å². The fourth-order valence-electron chi connectivity index (χ4n) is 3.70. The van der Waals surface area contributed by atoms with Gasteiger partial charge in [0.25, 0.3) is 5.91 Å². The van der Waals surface area contributed by atoms with Gasteiger partial charge in [0.15, 0.2) is 5.11 Å². The Kier molecular flexibility index (Phi) is 3.07. The summed E-state index contributed by atoms with van der Waals surface area (Å²) in [4.78, 5) is 15.9. The van der Waals surface area contributed by atoms with Gasteiger partial charge in [0.2, 0.25) is 0 Å². The van der Waals surface area contributed by atoms with E-state index in [0.717, 1.165) is 25.0 Å². The third-order valence-electron chi connectivity index (χ3n) is 4.76. The first-order valence-corrected chi connectivity index (χ1v) is 7.80. The summed E-state index contributed by atoms with van der Waals surface area (Å²) >= 11 is 5.41. The van der Waals surface area contributed by atoms with Crippen LogP contribution in [0.4, 0.5) is 18.9 Å². The van der Waals surface area contributed by atoms with Gasteiger partial charge in [-0.15, -0.1) is 0 Å². The van der Waals surface area contributed by atoms with Crippen molar-refractivity contribution >= 4 is 28.9 Å². The maximum absolute atomic E-state index is 12.9. The zero-order valence-corrected chi connectivity index (χ0v) is 12.8. The second kappa shape index (κ2) is 4.80. The van der Waals surface area contributed by atoms with Crippen LogP contribution in [0.2, 0.25) is 0 Å². The van der Waals surface area contributed by atoms with Crippen LogP contribution in [-0.2, 0) is 11.0 Å². The van der Waals surface area contributed by atoms with E-state index in [9.17, 15) is 18.0 Å². The van der Waals surface area contributed by atoms with Crippen LogP contribution >= 0.6 is 12.2 Å². The van der Waals surface area contributed by atoms with Gasteiger partial charge in [-0.3, -0.25) is 9.69 Å². The van der Waals surface area contributed by atoms with Gasteiger partial charge in [0.05, 0.1) is 17.3 Å². The summed E-state index contributed by atoms with van der Waals surface area (Å²) in [5.74, 6) is -0.144. The normalized spacial score (nSPS) is 29.4. The quantitative estimate of drug-likeness (QED) is 0.579. The summed E-state index contributed by atoms with van der Waals surface area (Å²) < 4.78 is 38.8. The molecule has 3 nitrogen and oxygen atoms in total. The highest BCUT2D eigenvalue weighted by atomic mass is 32.1. The number of fused-ring (bicyclic) bond motifs is 1. The van der Waals surface area contributed by atoms with Gasteiger partial charge >= 0.3 is 6.18 Å². The Morgan fingerprint density at radius 3 is 2.57 bits per heavy atom. The van der Waals surface area contributed by atoms with E-state index in [1.54, 1.807) is 0 Å². The Labute approximate surface area is 136 Å². The molecule has 1 aliphatic carbocycles. The predicted molar refractivity (Wildman–Crippen MR) is 82.8 cm³/mol. The SMILES string of the molecule is O=C1[C@H]2C3C=CC(CC3)N2C(=S)N1c1cccc(C(F)(F)F)c1. The molecule has 0 N–H and O–H groups in total. The molecule has 23 heavy (non-hydrogen) atoms. The highest BCUT2D eigenvalue weighted by Gasteiger charge is 2.52. The Balaban J connectivity index is 1.74. The van der Waals surface area contributed by atoms with E-state index in [1.807, 2.05) is 17.1 Å². The number of alkyl halides is 3. The molecule has 3 atom stereocenters. The molecule has 4 aliphatic rings. The number of hydrogen-bond acceptors (Lipinski definition) is 2. The molecule has 2 saturated heterocycles. The molecule has 3 heterocycles. The number of rotatable bonds is 1. The summed E-state index contributed by atoms with van der Waals surface area (Å²) in [6.07, 6.45) is 1.45. The average molecular weight is 338 g/mol. The van der Waals surface area contributed by atoms with Crippen LogP contribution in [0.25, 0.3) is 0 Å². The van der Waals surface area contributed by atoms with Gasteiger partial charge in [-0.25, -0.2) is 0 Å². The summed E-state index contributed by atoms with van der Waals surface area (Å²) in [6, 6.07) is 4.47. The molecule has 2 bridgehead atoms. The van der Waals surface area contributed by atoms with Crippen LogP contribution in [0.5, 0.6) is 0 Å². The monoisotopic (exact) mass is 338 g/mol. The second-order valence-electron chi connectivity index (χ2n) is 6.05. The molecule has 1 aromatic rings. The number of nitrogens with zero attached hydrogens (tertiary/aromatic N) is 2. The second-order valence-corrected chi connectivity index (χ2v) is 6.42. The van der Waals surface area contributed by atoms with E-state index in [1.165, 1.54) is 17.0 Å². The van der Waals surface area contributed by atoms with E-state index in [-0.39, 0.29) is 29.6 Å². The van der Waals surface area contributed by atoms with Crippen molar-refractivity contribution in [2.45, 2.75) is 31.1 Å². The van der Waals surface area contributed by atoms with Gasteiger partial charge in [-0.1, -0.05) is 18.2 Å². The highest BCUT2D eigenvalue weighted by Crippen LogP contribution is 2.42. The zero-order valence-electron chi connectivity index (χ0n) is 12.0. The minimum absolute atomic E-state index is 0.0669. The van der Waals surface area contributed by atoms with Crippen LogP contribution in [0, 0.1) is 5.92 Å². The Hall–Kier alpha value is -1.89. The van der Waals surface area contributed by atoms with Crippen molar-refractivity contribution in [1.82, 2.24) is 4.90 Å². The van der Waals surface area contributed by atoms with E-state index >= 15 is 0 Å². The Morgan fingerprint density at radius 2 is 1.96 bits per heavy atom. The van der Waals surface area contributed by atoms with Crippen molar-refractivity contribution in [3.8, 4) is 0 Å². The number of hydrogen-bond donors (Lipinski definition) is 0. The number of anilines is 1. The minimum atomic E-state index is -4.45. The smallest absolute Gasteiger partial charge is 0.329 e. The van der Waals surface area contributed by atoms with Crippen molar-refractivity contribution in [1.29, 1.82) is 0 Å². The van der Waals surface area contributed by atoms with Crippen molar-refractivity contribution in [2.75, 3.05) is 4.90 Å². The summed E-state index contributed by atoms with van der Waals surface area (Å²) in [6.45, 7) is 0. The Bertz CT molecular complexity index is 698. The maximum atomic E-state index is 12.9. The molecule has 120 valence electrons. The predicted octanol–water partition coefficient (Wildman–Crippen LogP) is 3.36. The molecule has 2 unspecified atom stereocenters. The van der Waals surface area contributed by atoms with Gasteiger partial charge in [-0.2, -0.15) is 13.2 Å². The van der Waals surface area contributed by atoms with Crippen molar-refractivity contribution in [3.05, 3.63) is 42.0 Å². The number of amides is 1. The van der Waals surface area contributed by atoms with Crippen LogP contribution in [-0.4, -0.2) is 28.0 Å². The molecule has 0 spiro atoms. The molecule has 2 fully saturated rings. The van der Waals surface area contributed by atoms with Crippen LogP contribution in [0.1, 0.15) is 18.4 Å². The number of piperidine rings is 1. The summed E-state index contributed by atoms with van der Waals surface area (Å²) in [7, 11) is 0. The van der Waals surface area contributed by atoms with E-state index in [2.05, 4.69) is 0 Å². The van der Waals surface area contributed by atoms with Crippen LogP contribution in [0.3, 0.4) is 0 Å². The lowest BCUT2D eigenvalue weighted by Gasteiger charge is -2.43. The van der Waals surface area contributed by atoms with E-state index in [4.69, 9.17) is 12.2 Å². The van der Waals surface area contributed by atoms with Crippen LogP contribution in [0.15, 0.2) is 36.4 Å². The molecular weight excluding hydrogens is 325 g/mol. The lowest BCUT2D eigenvalue weighted by molar-refractivity contribution is -0.137. The first-order valence-electron chi connectivity index (χ1n) is 7.40. The van der Waals surface area contributed by atoms with Crippen molar-refractivity contribution < 1.29 is 18.0 Å². The molecule has 0 radical (unpaired) electrons. The molecule has 7 heteroatoms. The first kappa shape index (κ1) is 14.7. The molecule has 1 amide bonds. The third-order valence-corrected chi connectivity index (χ3v) is 5.15. The molecular formula is C16H13F3N2OS. The summed E-state index contributed by atoms with van der Waals surface area (Å²) in [5, 5.41) is 0.304. The molecule has 0 aromatic heterocycles. The Morgan fingerprint density at radius 1 is 1.17 bits per heavy atom. The molecule has 1 aromatic carbocycles. The van der Waals surface area contributed by atoms with E-state index < -0.39 is 11.7 Å². The standard InChI is InChI=1S/C16H13F3N2OS/c17-16(18,19)10-2-1-3-12(8-10)21-14(22)13-9-4-6-11(7-5-9)20(13)15(21)23/h1-4,6,8-9,11,13H,5,7H2/t9?,11?,13-/m1/s1. The average Bonchev–Trinajstić information content (AvgIpc) is 2.81. The molecule has 0 saturated carbocycles. The van der Waals surface area contributed by atoms with Gasteiger partial charge in [-0.05, 0) is 43.3 Å². The highest BCUT2D eigenvalue weighted by molar-refractivity contribution is 7.80. The fourth-order valence-corrected chi connectivity index (χ4v) is 4.14. The lowest BCUT2D eigenvalue weighted by Crippen LogP contribution is -2.52. The number of halogens is 3. The molecule has 5 rings (SSSR count).